The molecule has 4 N–H and O–H groups in total. The van der Waals surface area contributed by atoms with Gasteiger partial charge in [-0.25, -0.2) is 0 Å². The molecule has 0 atom stereocenters. The van der Waals surface area contributed by atoms with Crippen LogP contribution in [0.4, 0.5) is 0 Å². The third-order valence-electron chi connectivity index (χ3n) is 3.92. The first-order valence-electron chi connectivity index (χ1n) is 4.64. The van der Waals surface area contributed by atoms with Crippen molar-refractivity contribution in [3.05, 3.63) is 0 Å². The summed E-state index contributed by atoms with van der Waals surface area (Å²) in [7, 11) is 0. The average Bonchev–Trinajstić information content (AvgIpc) is 1.85. The van der Waals surface area contributed by atoms with Gasteiger partial charge in [0.1, 0.15) is 0 Å². The van der Waals surface area contributed by atoms with Gasteiger partial charge in [-0.2, -0.15) is 0 Å². The van der Waals surface area contributed by atoms with Crippen molar-refractivity contribution in [2.45, 2.75) is 53.6 Å². The molecule has 0 bridgehead atoms. The van der Waals surface area contributed by atoms with Crippen LogP contribution in [-0.2, 0) is 0 Å². The van der Waals surface area contributed by atoms with Gasteiger partial charge in [0.2, 0.25) is 0 Å². The summed E-state index contributed by atoms with van der Waals surface area (Å²) in [6.45, 7) is 12.8. The molecule has 0 saturated carbocycles. The highest BCUT2D eigenvalue weighted by molar-refractivity contribution is 4.97. The Bertz CT molecular complexity index is 152. The first-order valence-corrected chi connectivity index (χ1v) is 4.64. The second kappa shape index (κ2) is 3.00. The molecular formula is C10H24N2. The minimum absolute atomic E-state index is 0.0608. The maximum atomic E-state index is 5.95. The zero-order valence-corrected chi connectivity index (χ0v) is 9.36. The third kappa shape index (κ3) is 1.80. The zero-order valence-electron chi connectivity index (χ0n) is 9.36. The summed E-state index contributed by atoms with van der Waals surface area (Å²) in [6.07, 6.45) is 1.09. The van der Waals surface area contributed by atoms with Crippen LogP contribution in [0, 0.1) is 10.8 Å². The van der Waals surface area contributed by atoms with Crippen molar-refractivity contribution in [3.8, 4) is 0 Å². The molecule has 0 aromatic heterocycles. The molecular weight excluding hydrogens is 148 g/mol. The highest BCUT2D eigenvalue weighted by Gasteiger charge is 2.45. The van der Waals surface area contributed by atoms with Crippen LogP contribution < -0.4 is 11.5 Å². The van der Waals surface area contributed by atoms with Crippen LogP contribution >= 0.6 is 0 Å². The molecule has 74 valence electrons. The minimum atomic E-state index is -0.619. The SMILES string of the molecule is CCC(C)(C)C(C)(C)C(C)(N)N. The van der Waals surface area contributed by atoms with Crippen LogP contribution in [0.25, 0.3) is 0 Å². The van der Waals surface area contributed by atoms with E-state index in [9.17, 15) is 0 Å². The van der Waals surface area contributed by atoms with E-state index in [1.54, 1.807) is 0 Å². The molecule has 0 radical (unpaired) electrons. The zero-order chi connectivity index (χ0) is 10.2. The maximum absolute atomic E-state index is 5.95. The molecule has 0 aliphatic heterocycles. The Hall–Kier alpha value is -0.0800. The molecule has 0 amide bonds. The normalized spacial score (nSPS) is 15.0. The summed E-state index contributed by atoms with van der Waals surface area (Å²) in [5.74, 6) is 0. The maximum Gasteiger partial charge on any atom is 0.0665 e. The van der Waals surface area contributed by atoms with Crippen LogP contribution in [0.2, 0.25) is 0 Å². The van der Waals surface area contributed by atoms with Gasteiger partial charge in [-0.1, -0.05) is 41.0 Å². The standard InChI is InChI=1S/C10H24N2/c1-7-8(2,3)9(4,5)10(6,11)12/h7,11-12H2,1-6H3. The largest absolute Gasteiger partial charge is 0.313 e. The number of hydrogen-bond donors (Lipinski definition) is 2. The van der Waals surface area contributed by atoms with E-state index in [4.69, 9.17) is 11.5 Å². The highest BCUT2D eigenvalue weighted by atomic mass is 15.0. The Morgan fingerprint density at radius 3 is 1.33 bits per heavy atom. The minimum Gasteiger partial charge on any atom is -0.313 e. The van der Waals surface area contributed by atoms with E-state index in [1.165, 1.54) is 0 Å². The van der Waals surface area contributed by atoms with Crippen molar-refractivity contribution in [1.29, 1.82) is 0 Å². The molecule has 12 heavy (non-hydrogen) atoms. The summed E-state index contributed by atoms with van der Waals surface area (Å²) in [5, 5.41) is 0. The van der Waals surface area contributed by atoms with E-state index in [2.05, 4.69) is 34.6 Å². The molecule has 0 aliphatic carbocycles. The molecule has 0 rings (SSSR count). The van der Waals surface area contributed by atoms with Gasteiger partial charge in [0.25, 0.3) is 0 Å². The lowest BCUT2D eigenvalue weighted by atomic mass is 9.60. The predicted octanol–water partition coefficient (Wildman–Crippen LogP) is 2.08. The second-order valence-corrected chi connectivity index (χ2v) is 5.15. The summed E-state index contributed by atoms with van der Waals surface area (Å²) in [5.41, 5.74) is 11.4. The summed E-state index contributed by atoms with van der Waals surface area (Å²) >= 11 is 0. The van der Waals surface area contributed by atoms with Gasteiger partial charge in [0.15, 0.2) is 0 Å². The van der Waals surface area contributed by atoms with Crippen molar-refractivity contribution < 1.29 is 0 Å². The van der Waals surface area contributed by atoms with E-state index < -0.39 is 5.66 Å². The van der Waals surface area contributed by atoms with Gasteiger partial charge in [0.05, 0.1) is 5.66 Å². The van der Waals surface area contributed by atoms with Crippen LogP contribution in [0.5, 0.6) is 0 Å². The van der Waals surface area contributed by atoms with Gasteiger partial charge >= 0.3 is 0 Å². The number of nitrogens with two attached hydrogens (primary N) is 2. The Kier molecular flexibility index (Phi) is 2.98. The summed E-state index contributed by atoms with van der Waals surface area (Å²) < 4.78 is 0. The van der Waals surface area contributed by atoms with Crippen LogP contribution in [0.1, 0.15) is 48.0 Å². The molecule has 2 heteroatoms. The van der Waals surface area contributed by atoms with E-state index in [-0.39, 0.29) is 10.8 Å². The Morgan fingerprint density at radius 2 is 1.25 bits per heavy atom. The van der Waals surface area contributed by atoms with Crippen molar-refractivity contribution in [2.24, 2.45) is 22.3 Å². The van der Waals surface area contributed by atoms with E-state index in [0.29, 0.717) is 0 Å². The van der Waals surface area contributed by atoms with Crippen molar-refractivity contribution in [2.75, 3.05) is 0 Å². The van der Waals surface area contributed by atoms with Crippen molar-refractivity contribution >= 4 is 0 Å². The fraction of sp³-hybridized carbons (Fsp3) is 1.00. The third-order valence-corrected chi connectivity index (χ3v) is 3.92. The molecule has 0 aromatic carbocycles. The second-order valence-electron chi connectivity index (χ2n) is 5.15. The molecule has 0 aromatic rings. The van der Waals surface area contributed by atoms with Crippen LogP contribution in [0.3, 0.4) is 0 Å². The lowest BCUT2D eigenvalue weighted by molar-refractivity contribution is 0.0257. The highest BCUT2D eigenvalue weighted by Crippen LogP contribution is 2.45. The van der Waals surface area contributed by atoms with Crippen LogP contribution in [0.15, 0.2) is 0 Å². The first-order chi connectivity index (χ1) is 5.06. The molecule has 0 heterocycles. The Labute approximate surface area is 76.7 Å². The van der Waals surface area contributed by atoms with Crippen LogP contribution in [-0.4, -0.2) is 5.66 Å². The Morgan fingerprint density at radius 1 is 0.917 bits per heavy atom. The van der Waals surface area contributed by atoms with E-state index in [1.807, 2.05) is 6.92 Å². The predicted molar refractivity (Wildman–Crippen MR) is 54.6 cm³/mol. The number of hydrogen-bond acceptors (Lipinski definition) is 2. The molecule has 0 fully saturated rings. The van der Waals surface area contributed by atoms with Gasteiger partial charge in [0, 0.05) is 5.41 Å². The monoisotopic (exact) mass is 172 g/mol. The van der Waals surface area contributed by atoms with Gasteiger partial charge in [-0.05, 0) is 12.3 Å². The topological polar surface area (TPSA) is 52.0 Å². The fourth-order valence-corrected chi connectivity index (χ4v) is 1.17. The van der Waals surface area contributed by atoms with Gasteiger partial charge < -0.3 is 11.5 Å². The van der Waals surface area contributed by atoms with E-state index >= 15 is 0 Å². The quantitative estimate of drug-likeness (QED) is 0.640. The molecule has 0 saturated heterocycles. The van der Waals surface area contributed by atoms with E-state index in [0.717, 1.165) is 6.42 Å². The lowest BCUT2D eigenvalue weighted by Crippen LogP contribution is -2.62. The fourth-order valence-electron chi connectivity index (χ4n) is 1.17. The summed E-state index contributed by atoms with van der Waals surface area (Å²) in [6, 6.07) is 0. The molecule has 0 spiro atoms. The molecule has 0 aliphatic rings. The van der Waals surface area contributed by atoms with Crippen molar-refractivity contribution in [1.82, 2.24) is 0 Å². The van der Waals surface area contributed by atoms with Gasteiger partial charge in [-0.15, -0.1) is 0 Å². The Balaban J connectivity index is 4.85. The van der Waals surface area contributed by atoms with Crippen molar-refractivity contribution in [3.63, 3.8) is 0 Å². The van der Waals surface area contributed by atoms with Gasteiger partial charge in [-0.3, -0.25) is 0 Å². The smallest absolute Gasteiger partial charge is 0.0665 e. The molecule has 0 unspecified atom stereocenters. The summed E-state index contributed by atoms with van der Waals surface area (Å²) in [4.78, 5) is 0. The lowest BCUT2D eigenvalue weighted by Gasteiger charge is -2.49. The first kappa shape index (κ1) is 11.9. The number of rotatable bonds is 3. The molecule has 2 nitrogen and oxygen atoms in total. The average molecular weight is 172 g/mol.